The fourth-order valence-corrected chi connectivity index (χ4v) is 2.43. The number of anilines is 1. The predicted molar refractivity (Wildman–Crippen MR) is 92.2 cm³/mol. The summed E-state index contributed by atoms with van der Waals surface area (Å²) in [6.07, 6.45) is 3.54. The van der Waals surface area contributed by atoms with Crippen LogP contribution in [0.1, 0.15) is 16.8 Å². The molecule has 0 aliphatic carbocycles. The Morgan fingerprint density at radius 2 is 2.04 bits per heavy atom. The Kier molecular flexibility index (Phi) is 4.21. The van der Waals surface area contributed by atoms with E-state index in [4.69, 9.17) is 5.73 Å². The Labute approximate surface area is 134 Å². The highest BCUT2D eigenvalue weighted by Gasteiger charge is 2.04. The van der Waals surface area contributed by atoms with Crippen LogP contribution in [0.2, 0.25) is 0 Å². The first-order valence-electron chi connectivity index (χ1n) is 7.32. The van der Waals surface area contributed by atoms with Crippen LogP contribution in [-0.2, 0) is 6.61 Å². The number of aryl methyl sites for hydroxylation is 1. The Bertz CT molecular complexity index is 852. The molecule has 0 bridgehead atoms. The van der Waals surface area contributed by atoms with Crippen molar-refractivity contribution in [2.24, 2.45) is 5.10 Å². The maximum atomic E-state index is 9.31. The molecule has 1 aromatic heterocycles. The molecule has 3 aromatic rings. The van der Waals surface area contributed by atoms with E-state index in [1.165, 1.54) is 0 Å². The zero-order valence-corrected chi connectivity index (χ0v) is 12.8. The van der Waals surface area contributed by atoms with Crippen molar-refractivity contribution in [3.63, 3.8) is 0 Å². The van der Waals surface area contributed by atoms with Crippen LogP contribution in [-0.4, -0.2) is 21.0 Å². The van der Waals surface area contributed by atoms with Crippen molar-refractivity contribution in [2.45, 2.75) is 13.5 Å². The Morgan fingerprint density at radius 1 is 1.22 bits per heavy atom. The van der Waals surface area contributed by atoms with Gasteiger partial charge >= 0.3 is 0 Å². The van der Waals surface area contributed by atoms with Gasteiger partial charge in [-0.1, -0.05) is 42.5 Å². The van der Waals surface area contributed by atoms with Crippen molar-refractivity contribution < 1.29 is 5.11 Å². The molecule has 0 amide bonds. The fourth-order valence-electron chi connectivity index (χ4n) is 2.43. The number of nitrogen functional groups attached to an aromatic ring is 1. The molecule has 5 nitrogen and oxygen atoms in total. The number of benzene rings is 2. The molecule has 23 heavy (non-hydrogen) atoms. The molecule has 3 N–H and O–H groups in total. The normalized spacial score (nSPS) is 11.2. The summed E-state index contributed by atoms with van der Waals surface area (Å²) in [6, 6.07) is 15.8. The summed E-state index contributed by atoms with van der Waals surface area (Å²) in [5, 5.41) is 13.7. The van der Waals surface area contributed by atoms with Gasteiger partial charge in [-0.3, -0.25) is 0 Å². The monoisotopic (exact) mass is 306 g/mol. The first kappa shape index (κ1) is 15.0. The fraction of sp³-hybridized carbons (Fsp3) is 0.111. The van der Waals surface area contributed by atoms with Crippen LogP contribution in [0.4, 0.5) is 5.95 Å². The van der Waals surface area contributed by atoms with Gasteiger partial charge in [0.1, 0.15) is 0 Å². The summed E-state index contributed by atoms with van der Waals surface area (Å²) in [5.41, 5.74) is 10.5. The third-order valence-corrected chi connectivity index (χ3v) is 3.54. The number of aliphatic hydroxyl groups excluding tert-OH is 1. The highest BCUT2D eigenvalue weighted by Crippen LogP contribution is 2.23. The first-order valence-corrected chi connectivity index (χ1v) is 7.32. The second kappa shape index (κ2) is 6.46. The maximum absolute atomic E-state index is 9.31. The lowest BCUT2D eigenvalue weighted by Gasteiger charge is -2.07. The molecule has 0 fully saturated rings. The highest BCUT2D eigenvalue weighted by molar-refractivity contribution is 5.90. The first-order chi connectivity index (χ1) is 11.2. The number of hydrogen-bond donors (Lipinski definition) is 2. The van der Waals surface area contributed by atoms with Gasteiger partial charge in [0.05, 0.1) is 24.7 Å². The summed E-state index contributed by atoms with van der Waals surface area (Å²) in [4.78, 5) is 4.13. The van der Waals surface area contributed by atoms with Crippen molar-refractivity contribution in [3.05, 3.63) is 71.5 Å². The molecule has 0 saturated carbocycles. The second-order valence-electron chi connectivity index (χ2n) is 5.28. The molecule has 116 valence electrons. The summed E-state index contributed by atoms with van der Waals surface area (Å²) in [5.74, 6) is 0.360. The highest BCUT2D eigenvalue weighted by atomic mass is 16.3. The Hall–Kier alpha value is -2.92. The van der Waals surface area contributed by atoms with Gasteiger partial charge in [-0.05, 0) is 29.7 Å². The number of rotatable bonds is 4. The summed E-state index contributed by atoms with van der Waals surface area (Å²) in [6.45, 7) is 1.89. The molecule has 1 heterocycles. The summed E-state index contributed by atoms with van der Waals surface area (Å²) >= 11 is 0. The van der Waals surface area contributed by atoms with Crippen molar-refractivity contribution >= 4 is 12.2 Å². The maximum Gasteiger partial charge on any atom is 0.221 e. The average Bonchev–Trinajstić information content (AvgIpc) is 2.91. The molecule has 0 unspecified atom stereocenters. The third kappa shape index (κ3) is 3.30. The van der Waals surface area contributed by atoms with Crippen LogP contribution in [0.3, 0.4) is 0 Å². The minimum atomic E-state index is 0.0228. The molecular formula is C18H18N4O. The molecule has 0 aliphatic heterocycles. The van der Waals surface area contributed by atoms with Crippen molar-refractivity contribution in [3.8, 4) is 11.1 Å². The van der Waals surface area contributed by atoms with E-state index >= 15 is 0 Å². The molecule has 2 aromatic carbocycles. The number of nitrogens with zero attached hydrogens (tertiary/aromatic N) is 3. The van der Waals surface area contributed by atoms with Crippen molar-refractivity contribution in [2.75, 3.05) is 5.73 Å². The van der Waals surface area contributed by atoms with E-state index in [-0.39, 0.29) is 6.61 Å². The van der Waals surface area contributed by atoms with E-state index in [9.17, 15) is 5.11 Å². The standard InChI is InChI=1S/C18H18N4O/c1-13-11-22(18(19)21-13)20-10-16-6-2-3-8-17(16)15-7-4-5-14(9-15)12-23/h2-11,23H,12H2,1H3,(H2,19,21). The van der Waals surface area contributed by atoms with E-state index in [1.54, 1.807) is 17.1 Å². The summed E-state index contributed by atoms with van der Waals surface area (Å²) < 4.78 is 1.55. The van der Waals surface area contributed by atoms with Gasteiger partial charge in [-0.15, -0.1) is 0 Å². The number of hydrogen-bond acceptors (Lipinski definition) is 4. The largest absolute Gasteiger partial charge is 0.392 e. The van der Waals surface area contributed by atoms with E-state index in [0.717, 1.165) is 27.9 Å². The second-order valence-corrected chi connectivity index (χ2v) is 5.28. The molecule has 0 spiro atoms. The van der Waals surface area contributed by atoms with Crippen LogP contribution in [0.15, 0.2) is 59.8 Å². The van der Waals surface area contributed by atoms with Gasteiger partial charge in [-0.25, -0.2) is 9.66 Å². The quantitative estimate of drug-likeness (QED) is 0.728. The van der Waals surface area contributed by atoms with Crippen LogP contribution in [0.25, 0.3) is 11.1 Å². The topological polar surface area (TPSA) is 76.4 Å². The van der Waals surface area contributed by atoms with E-state index in [1.807, 2.05) is 55.5 Å². The Balaban J connectivity index is 1.99. The zero-order chi connectivity index (χ0) is 16.2. The van der Waals surface area contributed by atoms with Crippen LogP contribution in [0.5, 0.6) is 0 Å². The van der Waals surface area contributed by atoms with Gasteiger partial charge < -0.3 is 10.8 Å². The molecule has 0 atom stereocenters. The number of aliphatic hydroxyl groups is 1. The number of nitrogens with two attached hydrogens (primary N) is 1. The zero-order valence-electron chi connectivity index (χ0n) is 12.8. The lowest BCUT2D eigenvalue weighted by atomic mass is 9.99. The molecular weight excluding hydrogens is 288 g/mol. The minimum Gasteiger partial charge on any atom is -0.392 e. The van der Waals surface area contributed by atoms with Crippen molar-refractivity contribution in [1.29, 1.82) is 0 Å². The van der Waals surface area contributed by atoms with Gasteiger partial charge in [-0.2, -0.15) is 5.10 Å². The van der Waals surface area contributed by atoms with Gasteiger partial charge in [0.15, 0.2) is 0 Å². The average molecular weight is 306 g/mol. The third-order valence-electron chi connectivity index (χ3n) is 3.54. The molecule has 0 radical (unpaired) electrons. The Morgan fingerprint density at radius 3 is 2.78 bits per heavy atom. The van der Waals surface area contributed by atoms with E-state index < -0.39 is 0 Å². The molecule has 0 saturated heterocycles. The summed E-state index contributed by atoms with van der Waals surface area (Å²) in [7, 11) is 0. The molecule has 0 aliphatic rings. The number of imidazole rings is 1. The predicted octanol–water partition coefficient (Wildman–Crippen LogP) is 2.82. The van der Waals surface area contributed by atoms with Crippen LogP contribution in [0, 0.1) is 6.92 Å². The van der Waals surface area contributed by atoms with Gasteiger partial charge in [0, 0.05) is 5.56 Å². The lowest BCUT2D eigenvalue weighted by molar-refractivity contribution is 0.282. The number of aromatic nitrogens is 2. The van der Waals surface area contributed by atoms with Gasteiger partial charge in [0.25, 0.3) is 0 Å². The van der Waals surface area contributed by atoms with Crippen LogP contribution < -0.4 is 5.73 Å². The van der Waals surface area contributed by atoms with E-state index in [0.29, 0.717) is 5.95 Å². The van der Waals surface area contributed by atoms with E-state index in [2.05, 4.69) is 10.1 Å². The van der Waals surface area contributed by atoms with Gasteiger partial charge in [0.2, 0.25) is 5.95 Å². The minimum absolute atomic E-state index is 0.0228. The molecule has 3 rings (SSSR count). The van der Waals surface area contributed by atoms with Crippen LogP contribution >= 0.6 is 0 Å². The smallest absolute Gasteiger partial charge is 0.221 e. The van der Waals surface area contributed by atoms with Crippen molar-refractivity contribution in [1.82, 2.24) is 9.66 Å². The molecule has 5 heteroatoms. The SMILES string of the molecule is Cc1cn(N=Cc2ccccc2-c2cccc(CO)c2)c(N)n1. The lowest BCUT2D eigenvalue weighted by Crippen LogP contribution is -1.97.